The third kappa shape index (κ3) is 5.63. The van der Waals surface area contributed by atoms with E-state index in [4.69, 9.17) is 4.99 Å². The van der Waals surface area contributed by atoms with Crippen LogP contribution in [0.3, 0.4) is 0 Å². The normalized spacial score (nSPS) is 21.4. The van der Waals surface area contributed by atoms with E-state index in [0.29, 0.717) is 17.1 Å². The lowest BCUT2D eigenvalue weighted by Gasteiger charge is -2.31. The van der Waals surface area contributed by atoms with E-state index < -0.39 is 0 Å². The maximum Gasteiger partial charge on any atom is 0.272 e. The van der Waals surface area contributed by atoms with Crippen LogP contribution in [0.15, 0.2) is 52.4 Å². The van der Waals surface area contributed by atoms with Gasteiger partial charge in [0.1, 0.15) is 17.3 Å². The van der Waals surface area contributed by atoms with E-state index in [0.717, 1.165) is 67.5 Å². The Hall–Kier alpha value is -2.69. The molecule has 0 N–H and O–H groups in total. The van der Waals surface area contributed by atoms with Gasteiger partial charge in [-0.25, -0.2) is 9.38 Å². The van der Waals surface area contributed by atoms with Crippen LogP contribution in [0.1, 0.15) is 77.3 Å². The van der Waals surface area contributed by atoms with Crippen molar-refractivity contribution in [2.75, 3.05) is 13.6 Å². The van der Waals surface area contributed by atoms with E-state index in [2.05, 4.69) is 20.8 Å². The average molecular weight is 452 g/mol. The second-order valence-electron chi connectivity index (χ2n) is 9.28. The van der Waals surface area contributed by atoms with Gasteiger partial charge in [-0.3, -0.25) is 4.79 Å². The monoisotopic (exact) mass is 451 g/mol. The number of amides is 1. The molecular weight excluding hydrogens is 413 g/mol. The molecule has 3 rings (SSSR count). The van der Waals surface area contributed by atoms with E-state index in [9.17, 15) is 9.18 Å². The number of halogens is 1. The average Bonchev–Trinajstić information content (AvgIpc) is 3.02. The molecule has 1 atom stereocenters. The van der Waals surface area contributed by atoms with Gasteiger partial charge in [-0.1, -0.05) is 44.4 Å². The minimum absolute atomic E-state index is 0.00592. The van der Waals surface area contributed by atoms with Crippen LogP contribution in [0.4, 0.5) is 4.39 Å². The maximum absolute atomic E-state index is 14.9. The lowest BCUT2D eigenvalue weighted by molar-refractivity contribution is -0.125. The molecular formula is C28H38FN3O. The number of aryl methyl sites for hydroxylation is 1. The molecule has 178 valence electrons. The number of carbonyl (C=O) groups is 1. The Morgan fingerprint density at radius 1 is 1.24 bits per heavy atom. The number of hydrogen-bond acceptors (Lipinski definition) is 3. The molecule has 4 nitrogen and oxygen atoms in total. The summed E-state index contributed by atoms with van der Waals surface area (Å²) in [5.74, 6) is 0.426. The number of aliphatic imine (C=N–C) groups is 1. The second-order valence-corrected chi connectivity index (χ2v) is 9.28. The summed E-state index contributed by atoms with van der Waals surface area (Å²) < 4.78 is 14.9. The van der Waals surface area contributed by atoms with Crippen LogP contribution in [0.25, 0.3) is 5.57 Å². The highest BCUT2D eigenvalue weighted by Gasteiger charge is 2.28. The Morgan fingerprint density at radius 3 is 2.67 bits per heavy atom. The quantitative estimate of drug-likeness (QED) is 0.504. The largest absolute Gasteiger partial charge is 0.335 e. The number of nitrogens with zero attached hydrogens (tertiary/aromatic N) is 3. The van der Waals surface area contributed by atoms with Crippen LogP contribution in [-0.4, -0.2) is 41.1 Å². The summed E-state index contributed by atoms with van der Waals surface area (Å²) >= 11 is 0. The van der Waals surface area contributed by atoms with Gasteiger partial charge in [0.15, 0.2) is 0 Å². The molecule has 1 saturated heterocycles. The van der Waals surface area contributed by atoms with Gasteiger partial charge in [0.2, 0.25) is 0 Å². The number of rotatable bonds is 5. The molecule has 0 aromatic heterocycles. The highest BCUT2D eigenvalue weighted by atomic mass is 19.1. The molecule has 1 amide bonds. The summed E-state index contributed by atoms with van der Waals surface area (Å²) in [7, 11) is 1.96. The Bertz CT molecular complexity index is 1020. The predicted molar refractivity (Wildman–Crippen MR) is 135 cm³/mol. The molecule has 2 aliphatic rings. The number of hydrogen-bond donors (Lipinski definition) is 0. The van der Waals surface area contributed by atoms with Gasteiger partial charge in [-0.05, 0) is 75.8 Å². The summed E-state index contributed by atoms with van der Waals surface area (Å²) in [5.41, 5.74) is 4.87. The maximum atomic E-state index is 14.9. The van der Waals surface area contributed by atoms with Crippen molar-refractivity contribution in [2.45, 2.75) is 79.2 Å². The summed E-state index contributed by atoms with van der Waals surface area (Å²) in [5, 5.41) is 0. The van der Waals surface area contributed by atoms with E-state index >= 15 is 0 Å². The molecule has 1 aromatic rings. The first-order chi connectivity index (χ1) is 15.8. The molecule has 0 spiro atoms. The van der Waals surface area contributed by atoms with Crippen LogP contribution < -0.4 is 0 Å². The molecule has 1 aromatic carbocycles. The fraction of sp³-hybridized carbons (Fsp3) is 0.500. The van der Waals surface area contributed by atoms with Crippen molar-refractivity contribution in [3.05, 3.63) is 64.4 Å². The lowest BCUT2D eigenvalue weighted by atomic mass is 9.97. The zero-order valence-electron chi connectivity index (χ0n) is 21.0. The molecule has 2 heterocycles. The molecule has 0 aliphatic carbocycles. The van der Waals surface area contributed by atoms with E-state index in [1.165, 1.54) is 0 Å². The first kappa shape index (κ1) is 24.9. The Balaban J connectivity index is 2.07. The molecule has 0 saturated carbocycles. The van der Waals surface area contributed by atoms with Crippen LogP contribution in [0.5, 0.6) is 0 Å². The Labute approximate surface area is 198 Å². The smallest absolute Gasteiger partial charge is 0.272 e. The van der Waals surface area contributed by atoms with Gasteiger partial charge in [0, 0.05) is 30.9 Å². The van der Waals surface area contributed by atoms with Gasteiger partial charge in [0.05, 0.1) is 0 Å². The van der Waals surface area contributed by atoms with Gasteiger partial charge < -0.3 is 9.80 Å². The third-order valence-corrected chi connectivity index (χ3v) is 6.89. The van der Waals surface area contributed by atoms with Crippen molar-refractivity contribution in [2.24, 2.45) is 4.99 Å². The second kappa shape index (κ2) is 11.0. The Kier molecular flexibility index (Phi) is 8.28. The number of carbonyl (C=O) groups excluding carboxylic acids is 1. The van der Waals surface area contributed by atoms with Crippen molar-refractivity contribution in [1.29, 1.82) is 0 Å². The minimum Gasteiger partial charge on any atom is -0.335 e. The van der Waals surface area contributed by atoms with Crippen molar-refractivity contribution in [1.82, 2.24) is 9.80 Å². The minimum atomic E-state index is -0.238. The highest BCUT2D eigenvalue weighted by molar-refractivity contribution is 6.43. The van der Waals surface area contributed by atoms with Gasteiger partial charge in [0.25, 0.3) is 5.91 Å². The van der Waals surface area contributed by atoms with Crippen LogP contribution >= 0.6 is 0 Å². The number of likely N-dealkylation sites (tertiary alicyclic amines) is 1. The topological polar surface area (TPSA) is 35.9 Å². The lowest BCUT2D eigenvalue weighted by Crippen LogP contribution is -2.43. The van der Waals surface area contributed by atoms with Crippen molar-refractivity contribution in [3.63, 3.8) is 0 Å². The fourth-order valence-electron chi connectivity index (χ4n) is 4.52. The number of allylic oxidation sites excluding steroid dienone is 4. The zero-order chi connectivity index (χ0) is 24.1. The molecule has 1 unspecified atom stereocenters. The van der Waals surface area contributed by atoms with Crippen LogP contribution in [0, 0.1) is 12.7 Å². The van der Waals surface area contributed by atoms with E-state index in [1.54, 1.807) is 6.07 Å². The van der Waals surface area contributed by atoms with Gasteiger partial charge >= 0.3 is 0 Å². The fourth-order valence-corrected chi connectivity index (χ4v) is 4.52. The Morgan fingerprint density at radius 2 is 2.00 bits per heavy atom. The first-order valence-corrected chi connectivity index (χ1v) is 12.3. The molecule has 1 fully saturated rings. The van der Waals surface area contributed by atoms with Crippen molar-refractivity contribution < 1.29 is 9.18 Å². The standard InChI is InChI=1S/C28H38FN3O/c1-7-20(4)24(23-14-13-19(3)16-25(23)29)18-27-30-26(17-22(8-2)31(27)6)28(33)32-15-11-9-10-12-21(32)5/h13-14,16-18,21H,7-12,15H2,1-6H3/b24-20?,27-18-. The van der Waals surface area contributed by atoms with E-state index in [-0.39, 0.29) is 17.8 Å². The van der Waals surface area contributed by atoms with Crippen LogP contribution in [-0.2, 0) is 4.79 Å². The highest BCUT2D eigenvalue weighted by Crippen LogP contribution is 2.30. The van der Waals surface area contributed by atoms with E-state index in [1.807, 2.05) is 55.0 Å². The summed E-state index contributed by atoms with van der Waals surface area (Å²) in [6.07, 6.45) is 9.82. The number of benzene rings is 1. The zero-order valence-corrected chi connectivity index (χ0v) is 21.0. The summed E-state index contributed by atoms with van der Waals surface area (Å²) in [6.45, 7) is 11.0. The first-order valence-electron chi connectivity index (χ1n) is 12.3. The van der Waals surface area contributed by atoms with Gasteiger partial charge in [-0.2, -0.15) is 0 Å². The predicted octanol–water partition coefficient (Wildman–Crippen LogP) is 6.63. The SMILES string of the molecule is CCC1=CC(C(=O)N2CCCCCC2C)=N/C(=C/C(=C(C)CC)c2ccc(C)cc2F)N1C. The molecule has 2 aliphatic heterocycles. The molecule has 0 radical (unpaired) electrons. The molecule has 5 heteroatoms. The molecule has 0 bridgehead atoms. The van der Waals surface area contributed by atoms with Gasteiger partial charge in [-0.15, -0.1) is 0 Å². The van der Waals surface area contributed by atoms with Crippen LogP contribution in [0.2, 0.25) is 0 Å². The van der Waals surface area contributed by atoms with Crippen molar-refractivity contribution in [3.8, 4) is 0 Å². The summed E-state index contributed by atoms with van der Waals surface area (Å²) in [6, 6.07) is 5.55. The molecule has 33 heavy (non-hydrogen) atoms. The van der Waals surface area contributed by atoms with Crippen molar-refractivity contribution >= 4 is 17.2 Å². The third-order valence-electron chi connectivity index (χ3n) is 6.89. The summed E-state index contributed by atoms with van der Waals surface area (Å²) in [4.78, 5) is 22.3.